The van der Waals surface area contributed by atoms with Crippen LogP contribution in [-0.2, 0) is 27.3 Å². The number of amides is 3. The van der Waals surface area contributed by atoms with Crippen molar-refractivity contribution in [3.63, 3.8) is 0 Å². The number of aryl methyl sites for hydroxylation is 1. The molecule has 3 amide bonds. The third kappa shape index (κ3) is 4.32. The number of hydrogen-bond donors (Lipinski definition) is 1. The second-order valence-electron chi connectivity index (χ2n) is 9.21. The van der Waals surface area contributed by atoms with Crippen LogP contribution in [0.25, 0.3) is 0 Å². The van der Waals surface area contributed by atoms with Gasteiger partial charge in [0, 0.05) is 30.9 Å². The minimum absolute atomic E-state index is 0.0114. The summed E-state index contributed by atoms with van der Waals surface area (Å²) in [7, 11) is 0. The number of fused-ring (bicyclic) bond motifs is 1. The van der Waals surface area contributed by atoms with Gasteiger partial charge in [0.15, 0.2) is 0 Å². The second kappa shape index (κ2) is 8.71. The molecule has 172 valence electrons. The summed E-state index contributed by atoms with van der Waals surface area (Å²) < 4.78 is 37.9. The zero-order chi connectivity index (χ0) is 24.0. The average Bonchev–Trinajstić information content (AvgIpc) is 3.11. The molecule has 1 unspecified atom stereocenters. The fourth-order valence-electron chi connectivity index (χ4n) is 4.89. The first kappa shape index (κ1) is 21.2. The van der Waals surface area contributed by atoms with Crippen molar-refractivity contribution >= 4 is 23.5 Å². The van der Waals surface area contributed by atoms with Crippen LogP contribution >= 0.6 is 0 Å². The van der Waals surface area contributed by atoms with Gasteiger partial charge in [-0.3, -0.25) is 24.5 Å². The van der Waals surface area contributed by atoms with E-state index in [1.807, 2.05) is 6.92 Å². The fraction of sp³-hybridized carbons (Fsp3) is 0.583. The van der Waals surface area contributed by atoms with E-state index in [-0.39, 0.29) is 32.2 Å². The maximum atomic E-state index is 14.7. The predicted octanol–water partition coefficient (Wildman–Crippen LogP) is 3.41. The molecule has 2 aliphatic heterocycles. The van der Waals surface area contributed by atoms with Crippen LogP contribution in [0.15, 0.2) is 18.2 Å². The highest BCUT2D eigenvalue weighted by Crippen LogP contribution is 2.40. The van der Waals surface area contributed by atoms with E-state index < -0.39 is 41.4 Å². The van der Waals surface area contributed by atoms with Crippen molar-refractivity contribution in [3.8, 4) is 0 Å². The summed E-state index contributed by atoms with van der Waals surface area (Å²) in [4.78, 5) is 50.0. The Hall–Kier alpha value is -2.64. The summed E-state index contributed by atoms with van der Waals surface area (Å²) in [6, 6.07) is 2.97. The molecule has 2 fully saturated rings. The number of nitrogens with zero attached hydrogens (tertiary/aromatic N) is 1. The molecule has 1 saturated carbocycles. The van der Waals surface area contributed by atoms with Gasteiger partial charge in [0.1, 0.15) is 6.02 Å². The van der Waals surface area contributed by atoms with Gasteiger partial charge < -0.3 is 4.90 Å². The molecule has 0 radical (unpaired) electrons. The smallest absolute Gasteiger partial charge is 0.308 e. The summed E-state index contributed by atoms with van der Waals surface area (Å²) in [5.74, 6) is -6.63. The highest BCUT2D eigenvalue weighted by Gasteiger charge is 2.46. The SMILES string of the molecule is [2H]C1(N2Cc3cc(CCC(=O)C(F)(F)C4CCC(C)CC4)ccc3C2=O)CCC(=O)NC1=O. The van der Waals surface area contributed by atoms with E-state index >= 15 is 0 Å². The molecule has 4 rings (SSSR count). The minimum Gasteiger partial charge on any atom is -0.322 e. The van der Waals surface area contributed by atoms with Gasteiger partial charge in [0.2, 0.25) is 17.6 Å². The first-order valence-electron chi connectivity index (χ1n) is 11.7. The van der Waals surface area contributed by atoms with E-state index in [9.17, 15) is 28.0 Å². The summed E-state index contributed by atoms with van der Waals surface area (Å²) in [5, 5.41) is 2.11. The van der Waals surface area contributed by atoms with Crippen LogP contribution in [0.5, 0.6) is 0 Å². The quantitative estimate of drug-likeness (QED) is 0.678. The zero-order valence-electron chi connectivity index (χ0n) is 19.1. The van der Waals surface area contributed by atoms with Crippen molar-refractivity contribution in [3.05, 3.63) is 34.9 Å². The summed E-state index contributed by atoms with van der Waals surface area (Å²) in [6.45, 7) is 2.05. The number of benzene rings is 1. The number of rotatable bonds is 6. The minimum atomic E-state index is -3.33. The van der Waals surface area contributed by atoms with E-state index in [0.29, 0.717) is 48.3 Å². The van der Waals surface area contributed by atoms with Gasteiger partial charge in [-0.1, -0.05) is 31.9 Å². The number of carbonyl (C=O) groups is 4. The zero-order valence-corrected chi connectivity index (χ0v) is 18.1. The predicted molar refractivity (Wildman–Crippen MR) is 112 cm³/mol. The Morgan fingerprint density at radius 3 is 2.59 bits per heavy atom. The summed E-state index contributed by atoms with van der Waals surface area (Å²) in [5.41, 5.74) is 1.56. The van der Waals surface area contributed by atoms with Crippen molar-refractivity contribution in [1.82, 2.24) is 10.2 Å². The Morgan fingerprint density at radius 1 is 1.19 bits per heavy atom. The van der Waals surface area contributed by atoms with Gasteiger partial charge in [-0.25, -0.2) is 0 Å². The number of ketones is 1. The Balaban J connectivity index is 1.41. The molecule has 1 N–H and O–H groups in total. The highest BCUT2D eigenvalue weighted by molar-refractivity contribution is 6.05. The fourth-order valence-corrected chi connectivity index (χ4v) is 4.89. The number of Topliss-reactive ketones (excluding diaryl/α,β-unsaturated/α-hetero) is 1. The molecule has 3 aliphatic rings. The number of hydrogen-bond acceptors (Lipinski definition) is 4. The maximum absolute atomic E-state index is 14.7. The van der Waals surface area contributed by atoms with E-state index in [1.54, 1.807) is 18.2 Å². The van der Waals surface area contributed by atoms with Crippen LogP contribution in [0.1, 0.15) is 74.7 Å². The number of nitrogens with one attached hydrogen (secondary N) is 1. The molecular formula is C24H28F2N2O4. The van der Waals surface area contributed by atoms with Gasteiger partial charge >= 0.3 is 5.92 Å². The normalized spacial score (nSPS) is 28.9. The molecule has 1 aromatic rings. The molecule has 32 heavy (non-hydrogen) atoms. The molecule has 1 aliphatic carbocycles. The summed E-state index contributed by atoms with van der Waals surface area (Å²) in [6.07, 6.45) is 1.88. The largest absolute Gasteiger partial charge is 0.322 e. The lowest BCUT2D eigenvalue weighted by molar-refractivity contribution is -0.154. The number of carbonyl (C=O) groups excluding carboxylic acids is 4. The standard InChI is InChI=1S/C24H28F2N2O4/c1-14-2-6-17(7-3-14)24(25,26)20(29)10-5-15-4-8-18-16(12-15)13-28(23(18)32)19-9-11-21(30)27-22(19)31/h4,8,12,14,17,19H,2-3,5-7,9-11,13H2,1H3,(H,27,30,31)/i19D. The lowest BCUT2D eigenvalue weighted by atomic mass is 9.78. The van der Waals surface area contributed by atoms with Crippen LogP contribution in [-0.4, -0.2) is 40.3 Å². The molecule has 1 saturated heterocycles. The van der Waals surface area contributed by atoms with Crippen molar-refractivity contribution in [2.45, 2.75) is 76.8 Å². The summed E-state index contributed by atoms with van der Waals surface area (Å²) >= 11 is 0. The average molecular weight is 448 g/mol. The van der Waals surface area contributed by atoms with Crippen molar-refractivity contribution < 1.29 is 29.3 Å². The van der Waals surface area contributed by atoms with Gasteiger partial charge in [-0.2, -0.15) is 8.78 Å². The van der Waals surface area contributed by atoms with E-state index in [0.717, 1.165) is 4.90 Å². The number of alkyl halides is 2. The molecule has 1 atom stereocenters. The Bertz CT molecular complexity index is 1010. The van der Waals surface area contributed by atoms with Crippen LogP contribution in [0, 0.1) is 11.8 Å². The van der Waals surface area contributed by atoms with Gasteiger partial charge in [0.05, 0.1) is 1.37 Å². The molecular weight excluding hydrogens is 418 g/mol. The Labute approximate surface area is 187 Å². The topological polar surface area (TPSA) is 83.6 Å². The van der Waals surface area contributed by atoms with Gasteiger partial charge in [-0.05, 0) is 48.8 Å². The van der Waals surface area contributed by atoms with Crippen molar-refractivity contribution in [2.24, 2.45) is 11.8 Å². The molecule has 2 heterocycles. The molecule has 0 bridgehead atoms. The molecule has 0 spiro atoms. The van der Waals surface area contributed by atoms with Gasteiger partial charge in [0.25, 0.3) is 5.91 Å². The van der Waals surface area contributed by atoms with E-state index in [4.69, 9.17) is 1.37 Å². The Kier molecular flexibility index (Phi) is 5.78. The number of piperidine rings is 1. The van der Waals surface area contributed by atoms with Crippen LogP contribution in [0.3, 0.4) is 0 Å². The molecule has 6 nitrogen and oxygen atoms in total. The molecule has 0 aromatic heterocycles. The first-order valence-corrected chi connectivity index (χ1v) is 11.2. The first-order chi connectivity index (χ1) is 15.5. The van der Waals surface area contributed by atoms with Crippen molar-refractivity contribution in [1.29, 1.82) is 0 Å². The van der Waals surface area contributed by atoms with E-state index in [2.05, 4.69) is 5.32 Å². The van der Waals surface area contributed by atoms with Crippen LogP contribution in [0.2, 0.25) is 0 Å². The van der Waals surface area contributed by atoms with Crippen LogP contribution in [0.4, 0.5) is 8.78 Å². The lowest BCUT2D eigenvalue weighted by Crippen LogP contribution is -2.52. The Morgan fingerprint density at radius 2 is 1.91 bits per heavy atom. The molecule has 1 aromatic carbocycles. The van der Waals surface area contributed by atoms with Crippen LogP contribution < -0.4 is 5.32 Å². The third-order valence-corrected chi connectivity index (χ3v) is 6.94. The second-order valence-corrected chi connectivity index (χ2v) is 9.21. The van der Waals surface area contributed by atoms with Gasteiger partial charge in [-0.15, -0.1) is 0 Å². The molecule has 8 heteroatoms. The third-order valence-electron chi connectivity index (χ3n) is 6.94. The number of halogens is 2. The maximum Gasteiger partial charge on any atom is 0.308 e. The lowest BCUT2D eigenvalue weighted by Gasteiger charge is -2.31. The monoisotopic (exact) mass is 447 g/mol. The van der Waals surface area contributed by atoms with E-state index in [1.165, 1.54) is 0 Å². The highest BCUT2D eigenvalue weighted by atomic mass is 19.3. The number of imide groups is 1. The van der Waals surface area contributed by atoms with Crippen molar-refractivity contribution in [2.75, 3.05) is 0 Å².